The van der Waals surface area contributed by atoms with E-state index in [1.165, 1.54) is 0 Å². The van der Waals surface area contributed by atoms with Gasteiger partial charge in [0.2, 0.25) is 5.91 Å². The van der Waals surface area contributed by atoms with Crippen molar-refractivity contribution in [2.45, 2.75) is 37.3 Å². The Bertz CT molecular complexity index is 597. The van der Waals surface area contributed by atoms with Crippen molar-refractivity contribution in [3.05, 3.63) is 35.9 Å². The largest absolute Gasteiger partial charge is 0.445 e. The maximum absolute atomic E-state index is 11.8. The van der Waals surface area contributed by atoms with Crippen LogP contribution in [-0.2, 0) is 20.9 Å². The summed E-state index contributed by atoms with van der Waals surface area (Å²) in [5.74, 6) is -0.717. The number of aliphatic hydroxyl groups is 4. The van der Waals surface area contributed by atoms with E-state index in [9.17, 15) is 24.9 Å². The highest BCUT2D eigenvalue weighted by atomic mass is 16.6. The van der Waals surface area contributed by atoms with Gasteiger partial charge in [-0.15, -0.1) is 0 Å². The topological polar surface area (TPSA) is 158 Å². The average molecular weight is 370 g/mol. The number of ether oxygens (including phenoxy) is 2. The molecule has 1 aliphatic rings. The van der Waals surface area contributed by atoms with Crippen LogP contribution in [0.15, 0.2) is 30.3 Å². The number of aliphatic hydroxyl groups excluding tert-OH is 4. The molecule has 0 aliphatic carbocycles. The molecule has 26 heavy (non-hydrogen) atoms. The molecule has 6 N–H and O–H groups in total. The first kappa shape index (κ1) is 20.1. The number of amides is 2. The van der Waals surface area contributed by atoms with E-state index in [4.69, 9.17) is 14.6 Å². The van der Waals surface area contributed by atoms with Gasteiger partial charge in [-0.1, -0.05) is 30.3 Å². The van der Waals surface area contributed by atoms with Gasteiger partial charge in [-0.05, 0) is 5.56 Å². The molecule has 0 radical (unpaired) electrons. The van der Waals surface area contributed by atoms with E-state index < -0.39 is 55.8 Å². The first-order valence-electron chi connectivity index (χ1n) is 7.96. The van der Waals surface area contributed by atoms with Crippen LogP contribution in [0.1, 0.15) is 5.56 Å². The number of alkyl carbamates (subject to hydrolysis) is 1. The van der Waals surface area contributed by atoms with Gasteiger partial charge in [-0.3, -0.25) is 4.79 Å². The molecule has 144 valence electrons. The SMILES string of the molecule is O=C(CNC(=O)OCc1ccccc1)NC1O[C@H](CO)[C@@H](O)[C@H](O)[C@H]1O. The van der Waals surface area contributed by atoms with Crippen LogP contribution in [0.3, 0.4) is 0 Å². The molecule has 1 unspecified atom stereocenters. The fraction of sp³-hybridized carbons (Fsp3) is 0.500. The Kier molecular flexibility index (Phi) is 7.30. The average Bonchev–Trinajstić information content (AvgIpc) is 2.66. The van der Waals surface area contributed by atoms with Crippen LogP contribution in [0.2, 0.25) is 0 Å². The lowest BCUT2D eigenvalue weighted by Gasteiger charge is -2.40. The van der Waals surface area contributed by atoms with Crippen molar-refractivity contribution in [3.8, 4) is 0 Å². The number of carbonyl (C=O) groups excluding carboxylic acids is 2. The molecule has 5 atom stereocenters. The molecule has 2 rings (SSSR count). The van der Waals surface area contributed by atoms with Gasteiger partial charge in [0, 0.05) is 0 Å². The molecule has 1 aliphatic heterocycles. The third-order valence-corrected chi connectivity index (χ3v) is 3.80. The zero-order valence-corrected chi connectivity index (χ0v) is 13.8. The summed E-state index contributed by atoms with van der Waals surface area (Å²) in [6, 6.07) is 8.97. The van der Waals surface area contributed by atoms with Crippen molar-refractivity contribution in [3.63, 3.8) is 0 Å². The van der Waals surface area contributed by atoms with E-state index in [-0.39, 0.29) is 6.61 Å². The summed E-state index contributed by atoms with van der Waals surface area (Å²) in [4.78, 5) is 23.4. The van der Waals surface area contributed by atoms with Crippen molar-refractivity contribution in [1.29, 1.82) is 0 Å². The molecule has 10 heteroatoms. The summed E-state index contributed by atoms with van der Waals surface area (Å²) in [7, 11) is 0. The van der Waals surface area contributed by atoms with Crippen LogP contribution in [-0.4, -0.2) is 76.2 Å². The Labute approximate surface area is 149 Å². The molecule has 1 saturated heterocycles. The number of hydrogen-bond donors (Lipinski definition) is 6. The van der Waals surface area contributed by atoms with Gasteiger partial charge in [0.05, 0.1) is 6.61 Å². The van der Waals surface area contributed by atoms with E-state index in [2.05, 4.69) is 10.6 Å². The summed E-state index contributed by atoms with van der Waals surface area (Å²) in [6.45, 7) is -1.02. The smallest absolute Gasteiger partial charge is 0.407 e. The van der Waals surface area contributed by atoms with E-state index in [0.717, 1.165) is 5.56 Å². The maximum Gasteiger partial charge on any atom is 0.407 e. The minimum absolute atomic E-state index is 0.0427. The number of hydrogen-bond acceptors (Lipinski definition) is 8. The summed E-state index contributed by atoms with van der Waals surface area (Å²) < 4.78 is 10.1. The standard InChI is InChI=1S/C16H22N2O8/c19-7-10-12(21)13(22)14(23)15(26-10)18-11(20)6-17-16(24)25-8-9-4-2-1-3-5-9/h1-5,10,12-15,19,21-23H,6-8H2,(H,17,24)(H,18,20)/t10-,12-,13+,14-,15?/m1/s1. The molecule has 0 saturated carbocycles. The predicted molar refractivity (Wildman–Crippen MR) is 86.5 cm³/mol. The number of benzene rings is 1. The zero-order chi connectivity index (χ0) is 19.1. The molecule has 1 fully saturated rings. The second kappa shape index (κ2) is 9.46. The van der Waals surface area contributed by atoms with Crippen molar-refractivity contribution < 1.29 is 39.5 Å². The van der Waals surface area contributed by atoms with Gasteiger partial charge in [-0.25, -0.2) is 4.79 Å². The molecule has 2 amide bonds. The zero-order valence-electron chi connectivity index (χ0n) is 13.8. The highest BCUT2D eigenvalue weighted by Gasteiger charge is 2.43. The van der Waals surface area contributed by atoms with Gasteiger partial charge in [0.1, 0.15) is 37.6 Å². The van der Waals surface area contributed by atoms with Crippen LogP contribution >= 0.6 is 0 Å². The van der Waals surface area contributed by atoms with E-state index in [1.807, 2.05) is 6.07 Å². The highest BCUT2D eigenvalue weighted by molar-refractivity contribution is 5.82. The number of carbonyl (C=O) groups is 2. The second-order valence-electron chi connectivity index (χ2n) is 5.73. The van der Waals surface area contributed by atoms with Gasteiger partial charge in [0.25, 0.3) is 0 Å². The summed E-state index contributed by atoms with van der Waals surface area (Å²) in [5, 5.41) is 42.7. The van der Waals surface area contributed by atoms with E-state index in [1.54, 1.807) is 24.3 Å². The van der Waals surface area contributed by atoms with Gasteiger partial charge in [0.15, 0.2) is 6.23 Å². The third-order valence-electron chi connectivity index (χ3n) is 3.80. The number of nitrogens with one attached hydrogen (secondary N) is 2. The molecule has 10 nitrogen and oxygen atoms in total. The maximum atomic E-state index is 11.8. The lowest BCUT2D eigenvalue weighted by molar-refractivity contribution is -0.235. The first-order chi connectivity index (χ1) is 12.4. The normalized spacial score (nSPS) is 28.2. The fourth-order valence-electron chi connectivity index (χ4n) is 2.36. The van der Waals surface area contributed by atoms with Crippen molar-refractivity contribution in [1.82, 2.24) is 10.6 Å². The predicted octanol–water partition coefficient (Wildman–Crippen LogP) is -2.17. The Morgan fingerprint density at radius 2 is 1.77 bits per heavy atom. The summed E-state index contributed by atoms with van der Waals surface area (Å²) in [6.07, 6.45) is -8.01. The van der Waals surface area contributed by atoms with Crippen LogP contribution in [0, 0.1) is 0 Å². The van der Waals surface area contributed by atoms with E-state index in [0.29, 0.717) is 0 Å². The van der Waals surface area contributed by atoms with Crippen molar-refractivity contribution >= 4 is 12.0 Å². The summed E-state index contributed by atoms with van der Waals surface area (Å²) in [5.41, 5.74) is 0.786. The Morgan fingerprint density at radius 1 is 1.08 bits per heavy atom. The Hall–Kier alpha value is -2.24. The molecule has 0 aromatic heterocycles. The van der Waals surface area contributed by atoms with Crippen LogP contribution < -0.4 is 10.6 Å². The molecule has 1 aromatic carbocycles. The fourth-order valence-corrected chi connectivity index (χ4v) is 2.36. The van der Waals surface area contributed by atoms with Gasteiger partial charge >= 0.3 is 6.09 Å². The van der Waals surface area contributed by atoms with Gasteiger partial charge < -0.3 is 40.5 Å². The van der Waals surface area contributed by atoms with Gasteiger partial charge in [-0.2, -0.15) is 0 Å². The Balaban J connectivity index is 1.74. The molecule has 1 heterocycles. The monoisotopic (exact) mass is 370 g/mol. The highest BCUT2D eigenvalue weighted by Crippen LogP contribution is 2.19. The van der Waals surface area contributed by atoms with E-state index >= 15 is 0 Å². The minimum atomic E-state index is -1.60. The lowest BCUT2D eigenvalue weighted by atomic mass is 9.98. The minimum Gasteiger partial charge on any atom is -0.445 e. The van der Waals surface area contributed by atoms with Crippen LogP contribution in [0.4, 0.5) is 4.79 Å². The molecule has 0 spiro atoms. The molecule has 0 bridgehead atoms. The quantitative estimate of drug-likeness (QED) is 0.330. The molecular formula is C16H22N2O8. The summed E-state index contributed by atoms with van der Waals surface area (Å²) >= 11 is 0. The lowest BCUT2D eigenvalue weighted by Crippen LogP contribution is -2.63. The number of rotatable bonds is 6. The third kappa shape index (κ3) is 5.38. The van der Waals surface area contributed by atoms with Crippen molar-refractivity contribution in [2.75, 3.05) is 13.2 Å². The van der Waals surface area contributed by atoms with Crippen LogP contribution in [0.25, 0.3) is 0 Å². The molecular weight excluding hydrogens is 348 g/mol. The van der Waals surface area contributed by atoms with Crippen molar-refractivity contribution in [2.24, 2.45) is 0 Å². The molecule has 1 aromatic rings. The van der Waals surface area contributed by atoms with Crippen LogP contribution in [0.5, 0.6) is 0 Å². The first-order valence-corrected chi connectivity index (χ1v) is 7.96. The Morgan fingerprint density at radius 3 is 2.42 bits per heavy atom. The second-order valence-corrected chi connectivity index (χ2v) is 5.73.